The number of carbonyl (C=O) groups is 1. The molecule has 2 unspecified atom stereocenters. The zero-order chi connectivity index (χ0) is 16.4. The van der Waals surface area contributed by atoms with E-state index in [9.17, 15) is 4.79 Å². The highest BCUT2D eigenvalue weighted by Gasteiger charge is 2.33. The largest absolute Gasteiger partial charge is 0.445 e. The number of rotatable bonds is 3. The van der Waals surface area contributed by atoms with Gasteiger partial charge >= 0.3 is 6.09 Å². The number of nitrogens with one attached hydrogen (secondary N) is 1. The van der Waals surface area contributed by atoms with Crippen LogP contribution in [0.3, 0.4) is 0 Å². The first-order chi connectivity index (χ1) is 11.8. The molecule has 0 aromatic heterocycles. The van der Waals surface area contributed by atoms with Crippen LogP contribution >= 0.6 is 0 Å². The van der Waals surface area contributed by atoms with Crippen molar-refractivity contribution in [3.05, 3.63) is 65.7 Å². The smallest absolute Gasteiger partial charge is 0.407 e. The standard InChI is InChI=1S/C20H20N2O2/c23-20(24-13-14-6-2-1-3-7-14)21-15-10-11-17-16-8-4-5-9-18(16)22-19(17)12-15/h1-9,15,17H,10-13H2,(H,21,23). The average molecular weight is 320 g/mol. The third kappa shape index (κ3) is 3.04. The molecule has 0 spiro atoms. The summed E-state index contributed by atoms with van der Waals surface area (Å²) >= 11 is 0. The Labute approximate surface area is 141 Å². The Balaban J connectivity index is 1.32. The summed E-state index contributed by atoms with van der Waals surface area (Å²) in [5.41, 5.74) is 4.60. The first-order valence-electron chi connectivity index (χ1n) is 8.43. The summed E-state index contributed by atoms with van der Waals surface area (Å²) in [4.78, 5) is 16.8. The van der Waals surface area contributed by atoms with E-state index in [1.54, 1.807) is 0 Å². The molecule has 1 N–H and O–H groups in total. The number of benzene rings is 2. The van der Waals surface area contributed by atoms with Gasteiger partial charge in [-0.3, -0.25) is 4.99 Å². The average Bonchev–Trinajstić information content (AvgIpc) is 2.98. The highest BCUT2D eigenvalue weighted by atomic mass is 16.5. The summed E-state index contributed by atoms with van der Waals surface area (Å²) in [6, 6.07) is 18.2. The zero-order valence-electron chi connectivity index (χ0n) is 13.4. The number of nitrogens with zero attached hydrogens (tertiary/aromatic N) is 1. The van der Waals surface area contributed by atoms with Gasteiger partial charge in [-0.1, -0.05) is 48.5 Å². The van der Waals surface area contributed by atoms with Crippen LogP contribution in [0.25, 0.3) is 0 Å². The van der Waals surface area contributed by atoms with E-state index in [0.717, 1.165) is 30.5 Å². The van der Waals surface area contributed by atoms with Gasteiger partial charge in [-0.25, -0.2) is 4.79 Å². The van der Waals surface area contributed by atoms with Crippen molar-refractivity contribution in [2.75, 3.05) is 0 Å². The van der Waals surface area contributed by atoms with Crippen LogP contribution in [0.5, 0.6) is 0 Å². The minimum Gasteiger partial charge on any atom is -0.445 e. The Morgan fingerprint density at radius 1 is 1.08 bits per heavy atom. The molecule has 2 aromatic carbocycles. The second kappa shape index (κ2) is 6.48. The Kier molecular flexibility index (Phi) is 4.03. The molecular formula is C20H20N2O2. The highest BCUT2D eigenvalue weighted by molar-refractivity contribution is 5.99. The van der Waals surface area contributed by atoms with E-state index in [1.807, 2.05) is 36.4 Å². The molecule has 0 bridgehead atoms. The lowest BCUT2D eigenvalue weighted by Gasteiger charge is -2.27. The van der Waals surface area contributed by atoms with Gasteiger partial charge in [0.05, 0.1) is 5.69 Å². The van der Waals surface area contributed by atoms with Crippen LogP contribution in [-0.2, 0) is 11.3 Å². The number of aliphatic imine (C=N–C) groups is 1. The molecule has 1 saturated carbocycles. The van der Waals surface area contributed by atoms with Crippen molar-refractivity contribution in [2.45, 2.75) is 37.8 Å². The molecule has 4 rings (SSSR count). The maximum absolute atomic E-state index is 12.0. The van der Waals surface area contributed by atoms with Crippen molar-refractivity contribution in [2.24, 2.45) is 4.99 Å². The van der Waals surface area contributed by atoms with Crippen LogP contribution in [-0.4, -0.2) is 17.8 Å². The van der Waals surface area contributed by atoms with Crippen molar-refractivity contribution < 1.29 is 9.53 Å². The van der Waals surface area contributed by atoms with E-state index >= 15 is 0 Å². The number of para-hydroxylation sites is 1. The van der Waals surface area contributed by atoms with Gasteiger partial charge in [0.1, 0.15) is 6.61 Å². The van der Waals surface area contributed by atoms with E-state index in [1.165, 1.54) is 11.3 Å². The van der Waals surface area contributed by atoms with Gasteiger partial charge in [0.15, 0.2) is 0 Å². The summed E-state index contributed by atoms with van der Waals surface area (Å²) < 4.78 is 5.31. The maximum atomic E-state index is 12.0. The second-order valence-corrected chi connectivity index (χ2v) is 6.40. The lowest BCUT2D eigenvalue weighted by Crippen LogP contribution is -2.40. The summed E-state index contributed by atoms with van der Waals surface area (Å²) in [5, 5.41) is 2.99. The molecule has 24 heavy (non-hydrogen) atoms. The predicted molar refractivity (Wildman–Crippen MR) is 93.7 cm³/mol. The molecule has 1 fully saturated rings. The summed E-state index contributed by atoms with van der Waals surface area (Å²) in [6.45, 7) is 0.300. The van der Waals surface area contributed by atoms with Crippen molar-refractivity contribution >= 4 is 17.5 Å². The quantitative estimate of drug-likeness (QED) is 0.915. The molecular weight excluding hydrogens is 300 g/mol. The van der Waals surface area contributed by atoms with Crippen molar-refractivity contribution in [1.82, 2.24) is 5.32 Å². The molecule has 0 radical (unpaired) electrons. The number of hydrogen-bond donors (Lipinski definition) is 1. The first-order valence-corrected chi connectivity index (χ1v) is 8.43. The van der Waals surface area contributed by atoms with Crippen molar-refractivity contribution in [3.63, 3.8) is 0 Å². The molecule has 1 aliphatic heterocycles. The summed E-state index contributed by atoms with van der Waals surface area (Å²) in [6.07, 6.45) is 2.44. The fourth-order valence-corrected chi connectivity index (χ4v) is 3.58. The fraction of sp³-hybridized carbons (Fsp3) is 0.300. The normalized spacial score (nSPS) is 21.4. The van der Waals surface area contributed by atoms with Crippen LogP contribution in [0.4, 0.5) is 10.5 Å². The topological polar surface area (TPSA) is 50.7 Å². The number of ether oxygens (including phenoxy) is 1. The molecule has 2 aromatic rings. The van der Waals surface area contributed by atoms with Gasteiger partial charge in [0.2, 0.25) is 0 Å². The van der Waals surface area contributed by atoms with E-state index in [2.05, 4.69) is 23.5 Å². The van der Waals surface area contributed by atoms with Crippen molar-refractivity contribution in [3.8, 4) is 0 Å². The fourth-order valence-electron chi connectivity index (χ4n) is 3.58. The van der Waals surface area contributed by atoms with Gasteiger partial charge < -0.3 is 10.1 Å². The Morgan fingerprint density at radius 3 is 2.75 bits per heavy atom. The molecule has 122 valence electrons. The number of amides is 1. The second-order valence-electron chi connectivity index (χ2n) is 6.40. The molecule has 4 heteroatoms. The molecule has 4 nitrogen and oxygen atoms in total. The number of alkyl carbamates (subject to hydrolysis) is 1. The number of fused-ring (bicyclic) bond motifs is 3. The lowest BCUT2D eigenvalue weighted by atomic mass is 9.81. The zero-order valence-corrected chi connectivity index (χ0v) is 13.4. The van der Waals surface area contributed by atoms with Crippen LogP contribution in [0.2, 0.25) is 0 Å². The molecule has 1 aliphatic carbocycles. The maximum Gasteiger partial charge on any atom is 0.407 e. The van der Waals surface area contributed by atoms with Crippen LogP contribution in [0.1, 0.15) is 36.3 Å². The van der Waals surface area contributed by atoms with Gasteiger partial charge in [-0.2, -0.15) is 0 Å². The Bertz CT molecular complexity index is 770. The number of carbonyl (C=O) groups excluding carboxylic acids is 1. The van der Waals surface area contributed by atoms with Gasteiger partial charge in [0, 0.05) is 24.1 Å². The monoisotopic (exact) mass is 320 g/mol. The van der Waals surface area contributed by atoms with E-state index in [4.69, 9.17) is 9.73 Å². The van der Waals surface area contributed by atoms with Crippen LogP contribution < -0.4 is 5.32 Å². The SMILES string of the molecule is O=C(NC1CCC2C(=Nc3ccccc32)C1)OCc1ccccc1. The molecule has 0 saturated heterocycles. The molecule has 2 aliphatic rings. The third-order valence-electron chi connectivity index (χ3n) is 4.77. The lowest BCUT2D eigenvalue weighted by molar-refractivity contribution is 0.135. The molecule has 1 heterocycles. The summed E-state index contributed by atoms with van der Waals surface area (Å²) in [5.74, 6) is 0.430. The van der Waals surface area contributed by atoms with Crippen molar-refractivity contribution in [1.29, 1.82) is 0 Å². The molecule has 1 amide bonds. The minimum atomic E-state index is -0.349. The third-order valence-corrected chi connectivity index (χ3v) is 4.77. The van der Waals surface area contributed by atoms with E-state index in [0.29, 0.717) is 12.5 Å². The van der Waals surface area contributed by atoms with Crippen LogP contribution in [0, 0.1) is 0 Å². The molecule has 2 atom stereocenters. The van der Waals surface area contributed by atoms with Crippen LogP contribution in [0.15, 0.2) is 59.6 Å². The van der Waals surface area contributed by atoms with Gasteiger partial charge in [-0.05, 0) is 30.0 Å². The Morgan fingerprint density at radius 2 is 1.88 bits per heavy atom. The highest BCUT2D eigenvalue weighted by Crippen LogP contribution is 2.42. The predicted octanol–water partition coefficient (Wildman–Crippen LogP) is 4.34. The number of hydrogen-bond acceptors (Lipinski definition) is 3. The minimum absolute atomic E-state index is 0.109. The van der Waals surface area contributed by atoms with Gasteiger partial charge in [-0.15, -0.1) is 0 Å². The first kappa shape index (κ1) is 14.9. The Hall–Kier alpha value is -2.62. The summed E-state index contributed by atoms with van der Waals surface area (Å²) in [7, 11) is 0. The van der Waals surface area contributed by atoms with E-state index < -0.39 is 0 Å². The van der Waals surface area contributed by atoms with E-state index in [-0.39, 0.29) is 12.1 Å². The van der Waals surface area contributed by atoms with Gasteiger partial charge in [0.25, 0.3) is 0 Å².